The van der Waals surface area contributed by atoms with Gasteiger partial charge in [-0.2, -0.15) is 4.31 Å². The fourth-order valence-electron chi connectivity index (χ4n) is 2.49. The quantitative estimate of drug-likeness (QED) is 0.754. The molecule has 0 saturated heterocycles. The lowest BCUT2D eigenvalue weighted by Crippen LogP contribution is -2.31. The van der Waals surface area contributed by atoms with Gasteiger partial charge >= 0.3 is 5.97 Å². The Kier molecular flexibility index (Phi) is 5.75. The van der Waals surface area contributed by atoms with E-state index >= 15 is 0 Å². The number of esters is 1. The van der Waals surface area contributed by atoms with Gasteiger partial charge in [0, 0.05) is 13.1 Å². The van der Waals surface area contributed by atoms with E-state index in [0.717, 1.165) is 11.1 Å². The first kappa shape index (κ1) is 18.2. The van der Waals surface area contributed by atoms with Gasteiger partial charge in [-0.05, 0) is 24.6 Å². The van der Waals surface area contributed by atoms with Crippen LogP contribution in [0.2, 0.25) is 0 Å². The van der Waals surface area contributed by atoms with Crippen LogP contribution in [-0.2, 0) is 21.3 Å². The summed E-state index contributed by atoms with van der Waals surface area (Å²) in [6.45, 7) is 4.27. The topological polar surface area (TPSA) is 63.7 Å². The maximum atomic E-state index is 13.0. The highest BCUT2D eigenvalue weighted by molar-refractivity contribution is 7.89. The highest BCUT2D eigenvalue weighted by Crippen LogP contribution is 2.22. The van der Waals surface area contributed by atoms with Gasteiger partial charge in [-0.3, -0.25) is 0 Å². The van der Waals surface area contributed by atoms with Crippen molar-refractivity contribution in [3.8, 4) is 0 Å². The van der Waals surface area contributed by atoms with Gasteiger partial charge in [0.05, 0.1) is 17.6 Å². The maximum Gasteiger partial charge on any atom is 0.339 e. The number of aryl methyl sites for hydroxylation is 1. The number of rotatable bonds is 6. The number of methoxy groups -OCH3 is 1. The van der Waals surface area contributed by atoms with E-state index < -0.39 is 16.0 Å². The Balaban J connectivity index is 2.42. The molecular formula is C18H21NO4S. The predicted molar refractivity (Wildman–Crippen MR) is 92.2 cm³/mol. The van der Waals surface area contributed by atoms with Gasteiger partial charge in [-0.15, -0.1) is 0 Å². The van der Waals surface area contributed by atoms with Crippen LogP contribution < -0.4 is 0 Å². The molecular weight excluding hydrogens is 326 g/mol. The molecule has 0 aromatic heterocycles. The summed E-state index contributed by atoms with van der Waals surface area (Å²) in [4.78, 5) is 11.9. The average molecular weight is 347 g/mol. The second-order valence-electron chi connectivity index (χ2n) is 5.41. The molecule has 2 aromatic carbocycles. The molecule has 5 nitrogen and oxygen atoms in total. The summed E-state index contributed by atoms with van der Waals surface area (Å²) < 4.78 is 32.1. The molecule has 2 aromatic rings. The SMILES string of the molecule is CCN(Cc1cccc(C)c1)S(=O)(=O)c1ccccc1C(=O)OC. The first-order chi connectivity index (χ1) is 11.4. The van der Waals surface area contributed by atoms with E-state index in [1.165, 1.54) is 23.5 Å². The van der Waals surface area contributed by atoms with Crippen LogP contribution in [0.3, 0.4) is 0 Å². The third-order valence-electron chi connectivity index (χ3n) is 3.70. The Morgan fingerprint density at radius 2 is 1.83 bits per heavy atom. The molecule has 24 heavy (non-hydrogen) atoms. The lowest BCUT2D eigenvalue weighted by atomic mass is 10.1. The minimum absolute atomic E-state index is 0.0358. The largest absolute Gasteiger partial charge is 0.465 e. The van der Waals surface area contributed by atoms with Gasteiger partial charge in [0.15, 0.2) is 0 Å². The summed E-state index contributed by atoms with van der Waals surface area (Å²) in [6.07, 6.45) is 0. The van der Waals surface area contributed by atoms with E-state index in [1.54, 1.807) is 19.1 Å². The highest BCUT2D eigenvalue weighted by atomic mass is 32.2. The van der Waals surface area contributed by atoms with Crippen molar-refractivity contribution in [3.05, 3.63) is 65.2 Å². The fraction of sp³-hybridized carbons (Fsp3) is 0.278. The smallest absolute Gasteiger partial charge is 0.339 e. The first-order valence-corrected chi connectivity index (χ1v) is 9.07. The Morgan fingerprint density at radius 3 is 2.46 bits per heavy atom. The van der Waals surface area contributed by atoms with Crippen molar-refractivity contribution in [2.24, 2.45) is 0 Å². The highest BCUT2D eigenvalue weighted by Gasteiger charge is 2.28. The number of carbonyl (C=O) groups excluding carboxylic acids is 1. The Labute approximate surface area is 142 Å². The van der Waals surface area contributed by atoms with E-state index in [1.807, 2.05) is 31.2 Å². The van der Waals surface area contributed by atoms with E-state index in [2.05, 4.69) is 0 Å². The molecule has 0 heterocycles. The Bertz CT molecular complexity index is 830. The zero-order chi connectivity index (χ0) is 17.7. The van der Waals surface area contributed by atoms with Crippen molar-refractivity contribution < 1.29 is 17.9 Å². The number of benzene rings is 2. The third-order valence-corrected chi connectivity index (χ3v) is 5.68. The van der Waals surface area contributed by atoms with Crippen molar-refractivity contribution in [3.63, 3.8) is 0 Å². The van der Waals surface area contributed by atoms with Crippen LogP contribution in [0, 0.1) is 6.92 Å². The van der Waals surface area contributed by atoms with Gasteiger partial charge in [-0.25, -0.2) is 13.2 Å². The summed E-state index contributed by atoms with van der Waals surface area (Å²) in [5, 5.41) is 0. The van der Waals surface area contributed by atoms with Crippen LogP contribution >= 0.6 is 0 Å². The molecule has 0 aliphatic rings. The lowest BCUT2D eigenvalue weighted by Gasteiger charge is -2.22. The lowest BCUT2D eigenvalue weighted by molar-refractivity contribution is 0.0596. The molecule has 0 atom stereocenters. The molecule has 0 unspecified atom stereocenters. The summed E-state index contributed by atoms with van der Waals surface area (Å²) in [6, 6.07) is 13.8. The minimum Gasteiger partial charge on any atom is -0.465 e. The predicted octanol–water partition coefficient (Wildman–Crippen LogP) is 2.99. The number of ether oxygens (including phenoxy) is 1. The summed E-state index contributed by atoms with van der Waals surface area (Å²) in [5.74, 6) is -0.666. The molecule has 2 rings (SSSR count). The van der Waals surface area contributed by atoms with Crippen LogP contribution in [-0.4, -0.2) is 32.3 Å². The van der Waals surface area contributed by atoms with E-state index in [4.69, 9.17) is 4.74 Å². The van der Waals surface area contributed by atoms with E-state index in [-0.39, 0.29) is 17.0 Å². The Hall–Kier alpha value is -2.18. The van der Waals surface area contributed by atoms with Crippen LogP contribution in [0.15, 0.2) is 53.4 Å². The molecule has 128 valence electrons. The number of nitrogens with zero attached hydrogens (tertiary/aromatic N) is 1. The first-order valence-electron chi connectivity index (χ1n) is 7.63. The van der Waals surface area contributed by atoms with Crippen molar-refractivity contribution in [2.45, 2.75) is 25.3 Å². The van der Waals surface area contributed by atoms with Gasteiger partial charge in [0.25, 0.3) is 0 Å². The number of carbonyl (C=O) groups is 1. The Morgan fingerprint density at radius 1 is 1.12 bits per heavy atom. The molecule has 0 aliphatic carbocycles. The second kappa shape index (κ2) is 7.59. The van der Waals surface area contributed by atoms with Crippen molar-refractivity contribution >= 4 is 16.0 Å². The van der Waals surface area contributed by atoms with Crippen LogP contribution in [0.1, 0.15) is 28.4 Å². The zero-order valence-electron chi connectivity index (χ0n) is 14.0. The molecule has 6 heteroatoms. The number of hydrogen-bond acceptors (Lipinski definition) is 4. The minimum atomic E-state index is -3.82. The normalized spacial score (nSPS) is 11.5. The molecule has 0 N–H and O–H groups in total. The third kappa shape index (κ3) is 3.83. The molecule has 0 aliphatic heterocycles. The molecule has 0 fully saturated rings. The molecule has 0 amide bonds. The molecule has 0 radical (unpaired) electrons. The van der Waals surface area contributed by atoms with E-state index in [0.29, 0.717) is 6.54 Å². The average Bonchev–Trinajstić information content (AvgIpc) is 2.58. The van der Waals surface area contributed by atoms with Crippen LogP contribution in [0.5, 0.6) is 0 Å². The number of hydrogen-bond donors (Lipinski definition) is 0. The summed E-state index contributed by atoms with van der Waals surface area (Å²) >= 11 is 0. The van der Waals surface area contributed by atoms with Crippen molar-refractivity contribution in [1.82, 2.24) is 4.31 Å². The monoisotopic (exact) mass is 347 g/mol. The van der Waals surface area contributed by atoms with E-state index in [9.17, 15) is 13.2 Å². The molecule has 0 saturated carbocycles. The maximum absolute atomic E-state index is 13.0. The summed E-state index contributed by atoms with van der Waals surface area (Å²) in [7, 11) is -2.58. The molecule has 0 bridgehead atoms. The second-order valence-corrected chi connectivity index (χ2v) is 7.31. The summed E-state index contributed by atoms with van der Waals surface area (Å²) in [5.41, 5.74) is 2.01. The van der Waals surface area contributed by atoms with Crippen LogP contribution in [0.4, 0.5) is 0 Å². The van der Waals surface area contributed by atoms with Crippen molar-refractivity contribution in [2.75, 3.05) is 13.7 Å². The van der Waals surface area contributed by atoms with Gasteiger partial charge < -0.3 is 4.74 Å². The fourth-order valence-corrected chi connectivity index (χ4v) is 4.11. The zero-order valence-corrected chi connectivity index (χ0v) is 14.8. The molecule has 0 spiro atoms. The van der Waals surface area contributed by atoms with Gasteiger partial charge in [-0.1, -0.05) is 48.9 Å². The van der Waals surface area contributed by atoms with Crippen LogP contribution in [0.25, 0.3) is 0 Å². The standard InChI is InChI=1S/C18H21NO4S/c1-4-19(13-15-9-7-8-14(2)12-15)24(21,22)17-11-6-5-10-16(17)18(20)23-3/h5-12H,4,13H2,1-3H3. The van der Waals surface area contributed by atoms with Crippen molar-refractivity contribution in [1.29, 1.82) is 0 Å². The van der Waals surface area contributed by atoms with Gasteiger partial charge in [0.1, 0.15) is 0 Å². The number of sulfonamides is 1. The van der Waals surface area contributed by atoms with Gasteiger partial charge in [0.2, 0.25) is 10.0 Å².